The molecule has 0 spiro atoms. The van der Waals surface area contributed by atoms with E-state index in [9.17, 15) is 0 Å². The van der Waals surface area contributed by atoms with Gasteiger partial charge in [-0.2, -0.15) is 5.10 Å². The van der Waals surface area contributed by atoms with Crippen LogP contribution in [0, 0.1) is 0 Å². The molecule has 0 amide bonds. The number of aromatic nitrogens is 2. The highest BCUT2D eigenvalue weighted by Crippen LogP contribution is 2.33. The van der Waals surface area contributed by atoms with E-state index in [2.05, 4.69) is 32.4 Å². The van der Waals surface area contributed by atoms with Crippen molar-refractivity contribution < 1.29 is 9.47 Å². The van der Waals surface area contributed by atoms with Crippen molar-refractivity contribution in [2.45, 2.75) is 45.8 Å². The number of nitrogens with zero attached hydrogens (tertiary/aromatic N) is 2. The van der Waals surface area contributed by atoms with Gasteiger partial charge in [-0.25, -0.2) is 4.68 Å². The summed E-state index contributed by atoms with van der Waals surface area (Å²) >= 11 is 0. The quantitative estimate of drug-likeness (QED) is 0.773. The molecule has 0 bridgehead atoms. The van der Waals surface area contributed by atoms with E-state index >= 15 is 0 Å². The van der Waals surface area contributed by atoms with Gasteiger partial charge in [0.15, 0.2) is 0 Å². The summed E-state index contributed by atoms with van der Waals surface area (Å²) < 4.78 is 13.4. The minimum absolute atomic E-state index is 0.0545. The van der Waals surface area contributed by atoms with Crippen LogP contribution in [-0.2, 0) is 16.7 Å². The molecule has 18 heavy (non-hydrogen) atoms. The summed E-state index contributed by atoms with van der Waals surface area (Å²) in [6, 6.07) is 0. The van der Waals surface area contributed by atoms with Crippen molar-refractivity contribution in [3.63, 3.8) is 0 Å². The summed E-state index contributed by atoms with van der Waals surface area (Å²) in [6.07, 6.45) is 1.96. The van der Waals surface area contributed by atoms with E-state index < -0.39 is 0 Å². The summed E-state index contributed by atoms with van der Waals surface area (Å²) in [5.41, 5.74) is 2.23. The Labute approximate surface area is 109 Å². The maximum absolute atomic E-state index is 5.81. The first kappa shape index (κ1) is 13.1. The van der Waals surface area contributed by atoms with E-state index in [4.69, 9.17) is 9.47 Å². The van der Waals surface area contributed by atoms with Gasteiger partial charge < -0.3 is 9.47 Å². The third-order valence-corrected chi connectivity index (χ3v) is 2.95. The summed E-state index contributed by atoms with van der Waals surface area (Å²) in [5, 5.41) is 4.39. The van der Waals surface area contributed by atoms with Gasteiger partial charge in [-0.05, 0) is 12.3 Å². The Morgan fingerprint density at radius 1 is 1.61 bits per heavy atom. The molecule has 0 N–H and O–H groups in total. The standard InChI is InChI=1S/C14H22N2O2/c1-10(2)8-17-11-7-16-13(18-9-11)12(6-15-16)14(3,4)5/h6,11H,1,7-9H2,2-5H3. The van der Waals surface area contributed by atoms with Crippen LogP contribution in [0.3, 0.4) is 0 Å². The van der Waals surface area contributed by atoms with Crippen LogP contribution in [0.4, 0.5) is 0 Å². The number of hydrogen-bond acceptors (Lipinski definition) is 3. The van der Waals surface area contributed by atoms with Crippen molar-refractivity contribution in [2.75, 3.05) is 13.2 Å². The summed E-state index contributed by atoms with van der Waals surface area (Å²) in [7, 11) is 0. The largest absolute Gasteiger partial charge is 0.475 e. The van der Waals surface area contributed by atoms with Crippen LogP contribution < -0.4 is 4.74 Å². The number of fused-ring (bicyclic) bond motifs is 1. The molecule has 0 saturated heterocycles. The molecule has 1 atom stereocenters. The molecule has 4 heteroatoms. The summed E-state index contributed by atoms with van der Waals surface area (Å²) in [5.74, 6) is 0.887. The van der Waals surface area contributed by atoms with Crippen molar-refractivity contribution >= 4 is 0 Å². The Kier molecular flexibility index (Phi) is 3.48. The number of hydrogen-bond donors (Lipinski definition) is 0. The van der Waals surface area contributed by atoms with Gasteiger partial charge in [0.2, 0.25) is 5.88 Å². The second-order valence-corrected chi connectivity index (χ2v) is 6.00. The third kappa shape index (κ3) is 2.75. The van der Waals surface area contributed by atoms with Crippen LogP contribution in [0.5, 0.6) is 5.88 Å². The Balaban J connectivity index is 2.08. The van der Waals surface area contributed by atoms with Gasteiger partial charge in [-0.3, -0.25) is 0 Å². The maximum Gasteiger partial charge on any atom is 0.215 e. The van der Waals surface area contributed by atoms with Gasteiger partial charge in [0.05, 0.1) is 19.3 Å². The van der Waals surface area contributed by atoms with Crippen molar-refractivity contribution in [3.8, 4) is 5.88 Å². The van der Waals surface area contributed by atoms with Crippen molar-refractivity contribution in [2.24, 2.45) is 0 Å². The second-order valence-electron chi connectivity index (χ2n) is 6.00. The zero-order valence-electron chi connectivity index (χ0n) is 11.7. The van der Waals surface area contributed by atoms with Gasteiger partial charge in [0.25, 0.3) is 0 Å². The van der Waals surface area contributed by atoms with E-state index in [0.717, 1.165) is 23.6 Å². The van der Waals surface area contributed by atoms with Gasteiger partial charge in [0, 0.05) is 5.56 Å². The molecule has 0 aliphatic carbocycles. The zero-order valence-corrected chi connectivity index (χ0v) is 11.7. The molecule has 1 aliphatic rings. The summed E-state index contributed by atoms with van der Waals surface area (Å²) in [6.45, 7) is 14.2. The van der Waals surface area contributed by atoms with Crippen LogP contribution >= 0.6 is 0 Å². The lowest BCUT2D eigenvalue weighted by Crippen LogP contribution is -2.33. The lowest BCUT2D eigenvalue weighted by Gasteiger charge is -2.27. The third-order valence-electron chi connectivity index (χ3n) is 2.95. The normalized spacial score (nSPS) is 19.2. The molecule has 1 aromatic rings. The average Bonchev–Trinajstić information content (AvgIpc) is 2.68. The molecule has 0 aromatic carbocycles. The first-order chi connectivity index (χ1) is 8.38. The fraction of sp³-hybridized carbons (Fsp3) is 0.643. The second kappa shape index (κ2) is 4.76. The molecule has 100 valence electrons. The highest BCUT2D eigenvalue weighted by atomic mass is 16.5. The van der Waals surface area contributed by atoms with Crippen LogP contribution in [0.15, 0.2) is 18.3 Å². The molecular weight excluding hydrogens is 228 g/mol. The molecule has 0 radical (unpaired) electrons. The molecule has 2 rings (SSSR count). The van der Waals surface area contributed by atoms with E-state index in [1.807, 2.05) is 17.8 Å². The molecule has 4 nitrogen and oxygen atoms in total. The number of ether oxygens (including phenoxy) is 2. The number of rotatable bonds is 3. The highest BCUT2D eigenvalue weighted by Gasteiger charge is 2.28. The molecule has 1 aromatic heterocycles. The Morgan fingerprint density at radius 3 is 2.94 bits per heavy atom. The van der Waals surface area contributed by atoms with E-state index in [0.29, 0.717) is 13.2 Å². The summed E-state index contributed by atoms with van der Waals surface area (Å²) in [4.78, 5) is 0. The van der Waals surface area contributed by atoms with Crippen molar-refractivity contribution in [1.82, 2.24) is 9.78 Å². The lowest BCUT2D eigenvalue weighted by molar-refractivity contribution is -0.00271. The van der Waals surface area contributed by atoms with E-state index in [-0.39, 0.29) is 11.5 Å². The molecular formula is C14H22N2O2. The van der Waals surface area contributed by atoms with Crippen LogP contribution in [0.2, 0.25) is 0 Å². The first-order valence-corrected chi connectivity index (χ1v) is 6.33. The van der Waals surface area contributed by atoms with Gasteiger partial charge in [-0.1, -0.05) is 32.9 Å². The van der Waals surface area contributed by atoms with Gasteiger partial charge in [-0.15, -0.1) is 0 Å². The molecule has 0 saturated carbocycles. The molecule has 2 heterocycles. The van der Waals surface area contributed by atoms with Crippen LogP contribution in [0.25, 0.3) is 0 Å². The fourth-order valence-corrected chi connectivity index (χ4v) is 1.95. The van der Waals surface area contributed by atoms with E-state index in [1.165, 1.54) is 0 Å². The molecule has 0 fully saturated rings. The predicted octanol–water partition coefficient (Wildman–Crippen LogP) is 2.53. The lowest BCUT2D eigenvalue weighted by atomic mass is 9.89. The average molecular weight is 250 g/mol. The fourth-order valence-electron chi connectivity index (χ4n) is 1.95. The monoisotopic (exact) mass is 250 g/mol. The highest BCUT2D eigenvalue weighted by molar-refractivity contribution is 5.32. The Morgan fingerprint density at radius 2 is 2.33 bits per heavy atom. The van der Waals surface area contributed by atoms with Gasteiger partial charge >= 0.3 is 0 Å². The minimum atomic E-state index is 0.0545. The first-order valence-electron chi connectivity index (χ1n) is 6.33. The molecule has 1 aliphatic heterocycles. The SMILES string of the molecule is C=C(C)COC1COc2c(C(C)(C)C)cnn2C1. The van der Waals surface area contributed by atoms with Crippen LogP contribution in [-0.4, -0.2) is 29.1 Å². The molecule has 1 unspecified atom stereocenters. The van der Waals surface area contributed by atoms with Crippen molar-refractivity contribution in [3.05, 3.63) is 23.9 Å². The van der Waals surface area contributed by atoms with Gasteiger partial charge in [0.1, 0.15) is 12.7 Å². The van der Waals surface area contributed by atoms with Crippen LogP contribution in [0.1, 0.15) is 33.3 Å². The zero-order chi connectivity index (χ0) is 13.3. The Bertz CT molecular complexity index is 443. The smallest absolute Gasteiger partial charge is 0.215 e. The van der Waals surface area contributed by atoms with Crippen molar-refractivity contribution in [1.29, 1.82) is 0 Å². The van der Waals surface area contributed by atoms with E-state index in [1.54, 1.807) is 0 Å². The predicted molar refractivity (Wildman–Crippen MR) is 71.0 cm³/mol. The Hall–Kier alpha value is -1.29. The maximum atomic E-state index is 5.81. The minimum Gasteiger partial charge on any atom is -0.475 e. The topological polar surface area (TPSA) is 36.3 Å².